The van der Waals surface area contributed by atoms with Gasteiger partial charge in [-0.15, -0.1) is 69.1 Å². The van der Waals surface area contributed by atoms with Crippen molar-refractivity contribution in [2.24, 2.45) is 10.8 Å². The topological polar surface area (TPSA) is 0 Å². The third kappa shape index (κ3) is 13.0. The van der Waals surface area contributed by atoms with Gasteiger partial charge in [0.05, 0.1) is 0 Å². The molecule has 0 heterocycles. The van der Waals surface area contributed by atoms with Crippen molar-refractivity contribution in [2.45, 2.75) is 130 Å². The van der Waals surface area contributed by atoms with Crippen LogP contribution in [0.1, 0.15) is 115 Å². The molecule has 332 valence electrons. The number of benzene rings is 6. The van der Waals surface area contributed by atoms with Crippen molar-refractivity contribution in [1.29, 1.82) is 0 Å². The van der Waals surface area contributed by atoms with Crippen molar-refractivity contribution >= 4 is 48.5 Å². The molecule has 64 heavy (non-hydrogen) atoms. The Balaban J connectivity index is 0.000000191. The maximum Gasteiger partial charge on any atom is -1.00 e. The van der Waals surface area contributed by atoms with Gasteiger partial charge in [-0.1, -0.05) is 174 Å². The Morgan fingerprint density at radius 1 is 0.438 bits per heavy atom. The Morgan fingerprint density at radius 2 is 0.781 bits per heavy atom. The Kier molecular flexibility index (Phi) is 18.4. The fourth-order valence-corrected chi connectivity index (χ4v) is 10.9. The van der Waals surface area contributed by atoms with E-state index in [1.807, 2.05) is 0 Å². The van der Waals surface area contributed by atoms with Crippen molar-refractivity contribution in [1.82, 2.24) is 0 Å². The molecular formula is C60H68Cl2SiZr-2. The van der Waals surface area contributed by atoms with E-state index in [0.717, 1.165) is 0 Å². The molecule has 0 radical (unpaired) electrons. The van der Waals surface area contributed by atoms with E-state index in [9.17, 15) is 0 Å². The molecule has 4 heteroatoms. The molecule has 0 amide bonds. The first-order chi connectivity index (χ1) is 30.1. The van der Waals surface area contributed by atoms with Crippen LogP contribution in [-0.2, 0) is 36.2 Å². The zero-order chi connectivity index (χ0) is 42.9. The number of fused-ring (bicyclic) bond motifs is 4. The molecule has 0 bridgehead atoms. The molecule has 2 aliphatic carbocycles. The van der Waals surface area contributed by atoms with Crippen LogP contribution >= 0.6 is 0 Å². The van der Waals surface area contributed by atoms with Crippen molar-refractivity contribution in [2.75, 3.05) is 0 Å². The fraction of sp³-hybridized carbons (Fsp3) is 0.367. The van der Waals surface area contributed by atoms with E-state index in [2.05, 4.69) is 173 Å². The van der Waals surface area contributed by atoms with E-state index in [4.69, 9.17) is 0 Å². The second kappa shape index (κ2) is 23.5. The van der Waals surface area contributed by atoms with Crippen LogP contribution in [0.25, 0.3) is 65.3 Å². The van der Waals surface area contributed by atoms with Crippen LogP contribution < -0.4 is 24.8 Å². The van der Waals surface area contributed by atoms with E-state index in [1.165, 1.54) is 179 Å². The third-order valence-electron chi connectivity index (χ3n) is 14.1. The zero-order valence-corrected chi connectivity index (χ0v) is 43.9. The smallest absolute Gasteiger partial charge is 1.00 e. The summed E-state index contributed by atoms with van der Waals surface area (Å²) in [6.45, 7) is 9.67. The van der Waals surface area contributed by atoms with Crippen LogP contribution in [-0.4, -0.2) is 5.43 Å². The van der Waals surface area contributed by atoms with Crippen molar-refractivity contribution < 1.29 is 48.1 Å². The Hall–Kier alpha value is -3.26. The molecule has 0 spiro atoms. The second-order valence-electron chi connectivity index (χ2n) is 20.0. The van der Waals surface area contributed by atoms with Gasteiger partial charge in [-0.2, -0.15) is 12.1 Å². The summed E-state index contributed by atoms with van der Waals surface area (Å²) in [6.07, 6.45) is 22.1. The van der Waals surface area contributed by atoms with Crippen LogP contribution in [0.5, 0.6) is 0 Å². The summed E-state index contributed by atoms with van der Waals surface area (Å²) in [5.74, 6) is 0. The van der Waals surface area contributed by atoms with E-state index >= 15 is 0 Å². The molecule has 0 atom stereocenters. The van der Waals surface area contributed by atoms with Gasteiger partial charge in [-0.05, 0) is 94.2 Å². The average molecular weight is 979 g/mol. The normalized spacial score (nSPS) is 16.1. The summed E-state index contributed by atoms with van der Waals surface area (Å²) >= 11 is 1.74. The predicted octanol–water partition coefficient (Wildman–Crippen LogP) is 12.1. The standard InChI is InChI=1S/2C29H31.C2H6Si.2ClH.Zr/c2*1-29(16-7-3-2-4-8-17-29)21-22-18-25-12-9-13-27(28(25)19-22)26-15-14-23-10-5-6-11-24(23)20-26;1-3-2;;;/h2*5-6,9-15,18-20H,2-4,7-8,16-17,21H2,1H3;1-2H3;2*1H;/q2*-1;;;;+2/p-2. The average Bonchev–Trinajstić information content (AvgIpc) is 3.86. The van der Waals surface area contributed by atoms with Gasteiger partial charge in [0.1, 0.15) is 0 Å². The number of hydrogen-bond donors (Lipinski definition) is 0. The monoisotopic (exact) mass is 976 g/mol. The summed E-state index contributed by atoms with van der Waals surface area (Å²) in [5.41, 5.74) is 9.56. The zero-order valence-electron chi connectivity index (χ0n) is 38.9. The predicted molar refractivity (Wildman–Crippen MR) is 271 cm³/mol. The summed E-state index contributed by atoms with van der Waals surface area (Å²) in [7, 11) is 0. The van der Waals surface area contributed by atoms with Crippen LogP contribution in [0.2, 0.25) is 13.1 Å². The fourth-order valence-electron chi connectivity index (χ4n) is 10.9. The number of hydrogen-bond acceptors (Lipinski definition) is 0. The minimum absolute atomic E-state index is 0. The van der Waals surface area contributed by atoms with E-state index in [0.29, 0.717) is 10.8 Å². The minimum atomic E-state index is 0. The molecule has 10 rings (SSSR count). The van der Waals surface area contributed by atoms with Gasteiger partial charge in [0, 0.05) is 0 Å². The van der Waals surface area contributed by atoms with Gasteiger partial charge in [-0.25, -0.2) is 0 Å². The Morgan fingerprint density at radius 3 is 1.16 bits per heavy atom. The molecule has 0 nitrogen and oxygen atoms in total. The molecule has 2 saturated carbocycles. The molecule has 0 aromatic heterocycles. The van der Waals surface area contributed by atoms with Crippen molar-refractivity contribution in [3.63, 3.8) is 0 Å². The van der Waals surface area contributed by atoms with E-state index in [1.54, 1.807) is 23.3 Å². The SMILES string of the molecule is CC1(Cc2cc3c(-c4ccc5ccccc5c4)cccc3[cH-]2)CCCCCCC1.CC1(Cc2cc3c(-c4ccc5ccccc5c4)cccc3[cH-]2)CCCCCCC1.C[Si](C)=[Zr+2].[Cl-].[Cl-]. The van der Waals surface area contributed by atoms with Crippen LogP contribution in [0.3, 0.4) is 0 Å². The number of halogens is 2. The summed E-state index contributed by atoms with van der Waals surface area (Å²) < 4.78 is 0. The molecule has 2 fully saturated rings. The molecule has 8 aromatic carbocycles. The maximum absolute atomic E-state index is 2.53. The van der Waals surface area contributed by atoms with Crippen LogP contribution in [0.15, 0.2) is 146 Å². The molecule has 0 N–H and O–H groups in total. The van der Waals surface area contributed by atoms with Gasteiger partial charge < -0.3 is 24.8 Å². The van der Waals surface area contributed by atoms with Gasteiger partial charge in [0.15, 0.2) is 0 Å². The van der Waals surface area contributed by atoms with Gasteiger partial charge in [0.25, 0.3) is 0 Å². The maximum atomic E-state index is 2.53. The largest absolute Gasteiger partial charge is 1.00 e. The first-order valence-corrected chi connectivity index (χ1v) is 30.2. The molecule has 0 unspecified atom stereocenters. The third-order valence-corrected chi connectivity index (χ3v) is 14.1. The van der Waals surface area contributed by atoms with Gasteiger partial charge in [0.2, 0.25) is 0 Å². The van der Waals surface area contributed by atoms with Crippen LogP contribution in [0, 0.1) is 10.8 Å². The van der Waals surface area contributed by atoms with E-state index in [-0.39, 0.29) is 30.2 Å². The number of rotatable bonds is 6. The quantitative estimate of drug-likeness (QED) is 0.115. The molecule has 0 saturated heterocycles. The second-order valence-corrected chi connectivity index (χ2v) is 29.4. The minimum Gasteiger partial charge on any atom is -1.00 e. The summed E-state index contributed by atoms with van der Waals surface area (Å²) in [6, 6.07) is 54.4. The molecule has 8 aromatic rings. The first kappa shape index (κ1) is 50.2. The van der Waals surface area contributed by atoms with Gasteiger partial charge in [-0.3, -0.25) is 0 Å². The van der Waals surface area contributed by atoms with Crippen molar-refractivity contribution in [3.8, 4) is 22.3 Å². The summed E-state index contributed by atoms with van der Waals surface area (Å²) in [4.78, 5) is 0. The molecule has 0 aliphatic heterocycles. The molecular weight excluding hydrogens is 911 g/mol. The Bertz CT molecular complexity index is 2550. The van der Waals surface area contributed by atoms with E-state index < -0.39 is 0 Å². The van der Waals surface area contributed by atoms with Crippen LogP contribution in [0.4, 0.5) is 0 Å². The Labute approximate surface area is 413 Å². The van der Waals surface area contributed by atoms with Crippen molar-refractivity contribution in [3.05, 3.63) is 157 Å². The summed E-state index contributed by atoms with van der Waals surface area (Å²) in [5, 5.41) is 10.8. The van der Waals surface area contributed by atoms with Gasteiger partial charge >= 0.3 is 41.9 Å². The molecule has 2 aliphatic rings. The first-order valence-electron chi connectivity index (χ1n) is 24.0.